The number of hydrogen-bond acceptors (Lipinski definition) is 3. The summed E-state index contributed by atoms with van der Waals surface area (Å²) < 4.78 is 0.999. The zero-order valence-corrected chi connectivity index (χ0v) is 11.7. The predicted octanol–water partition coefficient (Wildman–Crippen LogP) is 3.88. The topological polar surface area (TPSA) is 63.3 Å². The summed E-state index contributed by atoms with van der Waals surface area (Å²) in [4.78, 5) is 12.7. The summed E-state index contributed by atoms with van der Waals surface area (Å²) in [7, 11) is 0. The Morgan fingerprint density at radius 3 is 2.44 bits per heavy atom. The summed E-state index contributed by atoms with van der Waals surface area (Å²) >= 11 is 4.81. The van der Waals surface area contributed by atoms with Crippen molar-refractivity contribution in [2.24, 2.45) is 0 Å². The number of nitrogens with two attached hydrogens (primary N) is 1. The highest BCUT2D eigenvalue weighted by atomic mass is 79.9. The number of nitrogen functional groups attached to an aromatic ring is 1. The molecule has 0 aromatic heterocycles. The first-order valence-corrected chi connectivity index (χ1v) is 6.73. The van der Waals surface area contributed by atoms with E-state index in [0.717, 1.165) is 14.3 Å². The summed E-state index contributed by atoms with van der Waals surface area (Å²) in [5.41, 5.74) is 6.66. The van der Waals surface area contributed by atoms with Crippen LogP contribution in [0.15, 0.2) is 56.7 Å². The molecule has 2 aromatic carbocycles. The molecule has 0 saturated carbocycles. The minimum Gasteiger partial charge on any atom is -0.478 e. The van der Waals surface area contributed by atoms with Crippen molar-refractivity contribution in [3.05, 3.63) is 52.5 Å². The van der Waals surface area contributed by atoms with E-state index in [1.807, 2.05) is 24.3 Å². The van der Waals surface area contributed by atoms with Crippen LogP contribution in [0.5, 0.6) is 0 Å². The van der Waals surface area contributed by atoms with Crippen molar-refractivity contribution in [3.63, 3.8) is 0 Å². The average Bonchev–Trinajstić information content (AvgIpc) is 2.34. The molecule has 2 rings (SSSR count). The second-order valence-corrected chi connectivity index (χ2v) is 5.64. The number of carboxylic acids is 1. The van der Waals surface area contributed by atoms with Crippen molar-refractivity contribution < 1.29 is 9.90 Å². The summed E-state index contributed by atoms with van der Waals surface area (Å²) in [6.45, 7) is 0. The Hall–Kier alpha value is -1.46. The maximum absolute atomic E-state index is 10.9. The minimum atomic E-state index is -0.951. The number of carbonyl (C=O) groups is 1. The second kappa shape index (κ2) is 5.46. The van der Waals surface area contributed by atoms with Crippen LogP contribution in [-0.2, 0) is 0 Å². The van der Waals surface area contributed by atoms with E-state index >= 15 is 0 Å². The van der Waals surface area contributed by atoms with Crippen LogP contribution in [-0.4, -0.2) is 11.1 Å². The van der Waals surface area contributed by atoms with Crippen LogP contribution in [0.1, 0.15) is 10.4 Å². The number of aromatic carboxylic acids is 1. The van der Waals surface area contributed by atoms with E-state index in [0.29, 0.717) is 5.69 Å². The number of benzene rings is 2. The molecular weight excluding hydrogens is 314 g/mol. The normalized spacial score (nSPS) is 10.3. The van der Waals surface area contributed by atoms with Crippen LogP contribution in [0.3, 0.4) is 0 Å². The number of hydrogen-bond donors (Lipinski definition) is 2. The highest BCUT2D eigenvalue weighted by Crippen LogP contribution is 2.33. The molecule has 0 fully saturated rings. The Labute approximate surface area is 117 Å². The first-order valence-electron chi connectivity index (χ1n) is 5.12. The molecule has 0 saturated heterocycles. The zero-order valence-electron chi connectivity index (χ0n) is 9.26. The maximum Gasteiger partial charge on any atom is 0.335 e. The van der Waals surface area contributed by atoms with Gasteiger partial charge in [0.05, 0.1) is 5.56 Å². The van der Waals surface area contributed by atoms with Gasteiger partial charge in [-0.2, -0.15) is 0 Å². The zero-order chi connectivity index (χ0) is 13.1. The number of rotatable bonds is 3. The Morgan fingerprint density at radius 2 is 1.83 bits per heavy atom. The maximum atomic E-state index is 10.9. The van der Waals surface area contributed by atoms with E-state index in [9.17, 15) is 4.79 Å². The average molecular weight is 324 g/mol. The van der Waals surface area contributed by atoms with Gasteiger partial charge >= 0.3 is 5.97 Å². The lowest BCUT2D eigenvalue weighted by Crippen LogP contribution is -1.98. The predicted molar refractivity (Wildman–Crippen MR) is 76.1 cm³/mol. The van der Waals surface area contributed by atoms with Gasteiger partial charge in [-0.05, 0) is 42.5 Å². The molecule has 5 heteroatoms. The largest absolute Gasteiger partial charge is 0.478 e. The Balaban J connectivity index is 2.30. The van der Waals surface area contributed by atoms with Crippen molar-refractivity contribution in [2.75, 3.05) is 5.73 Å². The molecule has 92 valence electrons. The Morgan fingerprint density at radius 1 is 1.17 bits per heavy atom. The van der Waals surface area contributed by atoms with Crippen molar-refractivity contribution in [1.29, 1.82) is 0 Å². The van der Waals surface area contributed by atoms with E-state index < -0.39 is 5.97 Å². The van der Waals surface area contributed by atoms with Crippen LogP contribution in [0.2, 0.25) is 0 Å². The van der Waals surface area contributed by atoms with Crippen LogP contribution < -0.4 is 5.73 Å². The third-order valence-electron chi connectivity index (χ3n) is 2.30. The van der Waals surface area contributed by atoms with Gasteiger partial charge in [0.25, 0.3) is 0 Å². The smallest absolute Gasteiger partial charge is 0.335 e. The lowest BCUT2D eigenvalue weighted by atomic mass is 10.2. The third kappa shape index (κ3) is 3.05. The summed E-state index contributed by atoms with van der Waals surface area (Å²) in [5, 5.41) is 8.95. The van der Waals surface area contributed by atoms with Gasteiger partial charge in [-0.3, -0.25) is 0 Å². The molecular formula is C13H10BrNO2S. The third-order valence-corrected chi connectivity index (χ3v) is 3.91. The fraction of sp³-hybridized carbons (Fsp3) is 0. The second-order valence-electron chi connectivity index (χ2n) is 3.61. The van der Waals surface area contributed by atoms with E-state index in [-0.39, 0.29) is 5.56 Å². The standard InChI is InChI=1S/C13H10BrNO2S/c14-9-2-4-10(5-3-9)18-12-7-8(13(16)17)1-6-11(12)15/h1-7H,15H2,(H,16,17). The van der Waals surface area contributed by atoms with Gasteiger partial charge in [-0.15, -0.1) is 0 Å². The van der Waals surface area contributed by atoms with E-state index in [2.05, 4.69) is 15.9 Å². The van der Waals surface area contributed by atoms with Gasteiger partial charge in [-0.25, -0.2) is 4.79 Å². The molecule has 0 aliphatic heterocycles. The van der Waals surface area contributed by atoms with Gasteiger partial charge in [0.15, 0.2) is 0 Å². The van der Waals surface area contributed by atoms with Crippen molar-refractivity contribution >= 4 is 39.3 Å². The first kappa shape index (κ1) is 13.0. The molecule has 0 heterocycles. The molecule has 0 amide bonds. The highest BCUT2D eigenvalue weighted by molar-refractivity contribution is 9.10. The molecule has 0 aliphatic rings. The summed E-state index contributed by atoms with van der Waals surface area (Å²) in [6.07, 6.45) is 0. The molecule has 0 atom stereocenters. The van der Waals surface area contributed by atoms with Crippen LogP contribution >= 0.6 is 27.7 Å². The SMILES string of the molecule is Nc1ccc(C(=O)O)cc1Sc1ccc(Br)cc1. The fourth-order valence-electron chi connectivity index (χ4n) is 1.39. The first-order chi connectivity index (χ1) is 8.56. The van der Waals surface area contributed by atoms with Gasteiger partial charge in [0.1, 0.15) is 0 Å². The Kier molecular flexibility index (Phi) is 3.93. The summed E-state index contributed by atoms with van der Waals surface area (Å²) in [5.74, 6) is -0.951. The number of carboxylic acid groups (broad SMARTS) is 1. The van der Waals surface area contributed by atoms with Gasteiger partial charge in [-0.1, -0.05) is 27.7 Å². The summed E-state index contributed by atoms with van der Waals surface area (Å²) in [6, 6.07) is 12.5. The molecule has 3 N–H and O–H groups in total. The van der Waals surface area contributed by atoms with Crippen molar-refractivity contribution in [3.8, 4) is 0 Å². The molecule has 18 heavy (non-hydrogen) atoms. The lowest BCUT2D eigenvalue weighted by Gasteiger charge is -2.06. The van der Waals surface area contributed by atoms with Crippen LogP contribution in [0.25, 0.3) is 0 Å². The Bertz CT molecular complexity index is 584. The van der Waals surface area contributed by atoms with E-state index in [1.165, 1.54) is 17.8 Å². The van der Waals surface area contributed by atoms with Crippen molar-refractivity contribution in [2.45, 2.75) is 9.79 Å². The molecule has 0 aliphatic carbocycles. The molecule has 0 radical (unpaired) electrons. The monoisotopic (exact) mass is 323 g/mol. The van der Waals surface area contributed by atoms with Gasteiger partial charge in [0.2, 0.25) is 0 Å². The molecule has 3 nitrogen and oxygen atoms in total. The molecule has 2 aromatic rings. The lowest BCUT2D eigenvalue weighted by molar-refractivity contribution is 0.0696. The molecule has 0 bridgehead atoms. The van der Waals surface area contributed by atoms with Crippen molar-refractivity contribution in [1.82, 2.24) is 0 Å². The quantitative estimate of drug-likeness (QED) is 0.841. The highest BCUT2D eigenvalue weighted by Gasteiger charge is 2.08. The van der Waals surface area contributed by atoms with Crippen LogP contribution in [0, 0.1) is 0 Å². The number of halogens is 1. The number of anilines is 1. The van der Waals surface area contributed by atoms with Gasteiger partial charge < -0.3 is 10.8 Å². The minimum absolute atomic E-state index is 0.240. The van der Waals surface area contributed by atoms with Crippen LogP contribution in [0.4, 0.5) is 5.69 Å². The van der Waals surface area contributed by atoms with E-state index in [4.69, 9.17) is 10.8 Å². The van der Waals surface area contributed by atoms with E-state index in [1.54, 1.807) is 12.1 Å². The molecule has 0 spiro atoms. The van der Waals surface area contributed by atoms with Gasteiger partial charge in [0, 0.05) is 20.0 Å². The fourth-order valence-corrected chi connectivity index (χ4v) is 2.55. The molecule has 0 unspecified atom stereocenters.